The molecule has 1 fully saturated rings. The lowest BCUT2D eigenvalue weighted by molar-refractivity contribution is 0.0169. The summed E-state index contributed by atoms with van der Waals surface area (Å²) >= 11 is 0. The van der Waals surface area contributed by atoms with Gasteiger partial charge in [-0.05, 0) is 36.8 Å². The predicted molar refractivity (Wildman–Crippen MR) is 137 cm³/mol. The summed E-state index contributed by atoms with van der Waals surface area (Å²) in [5.41, 5.74) is 1.41. The minimum absolute atomic E-state index is 0. The smallest absolute Gasteiger partial charge is 0.191 e. The molecule has 0 spiro atoms. The van der Waals surface area contributed by atoms with Gasteiger partial charge in [0.2, 0.25) is 0 Å². The van der Waals surface area contributed by atoms with Crippen molar-refractivity contribution in [3.05, 3.63) is 53.6 Å². The van der Waals surface area contributed by atoms with Gasteiger partial charge in [0.05, 0.1) is 45.7 Å². The molecule has 3 rings (SSSR count). The Hall–Kier alpha value is -2.18. The average Bonchev–Trinajstić information content (AvgIpc) is 2.84. The summed E-state index contributed by atoms with van der Waals surface area (Å²) in [7, 11) is 3.26. The van der Waals surface area contributed by atoms with E-state index in [1.54, 1.807) is 26.5 Å². The Morgan fingerprint density at radius 2 is 1.94 bits per heavy atom. The summed E-state index contributed by atoms with van der Waals surface area (Å²) in [5.74, 6) is 1.63. The molecule has 33 heavy (non-hydrogen) atoms. The maximum atomic E-state index is 13.9. The van der Waals surface area contributed by atoms with Crippen molar-refractivity contribution in [2.45, 2.75) is 19.5 Å². The highest BCUT2D eigenvalue weighted by atomic mass is 127. The number of morpholine rings is 1. The number of benzene rings is 1. The summed E-state index contributed by atoms with van der Waals surface area (Å²) in [6, 6.07) is 9.01. The Labute approximate surface area is 211 Å². The third-order valence-electron chi connectivity index (χ3n) is 5.31. The molecule has 8 nitrogen and oxygen atoms in total. The van der Waals surface area contributed by atoms with Gasteiger partial charge in [0.1, 0.15) is 5.82 Å². The lowest BCUT2D eigenvalue weighted by Crippen LogP contribution is -2.46. The van der Waals surface area contributed by atoms with Crippen molar-refractivity contribution in [2.75, 3.05) is 53.6 Å². The van der Waals surface area contributed by atoms with E-state index < -0.39 is 0 Å². The maximum absolute atomic E-state index is 13.9. The van der Waals surface area contributed by atoms with E-state index in [-0.39, 0.29) is 42.4 Å². The van der Waals surface area contributed by atoms with E-state index in [1.807, 2.05) is 19.1 Å². The zero-order chi connectivity index (χ0) is 22.8. The van der Waals surface area contributed by atoms with Crippen LogP contribution in [0.1, 0.15) is 24.2 Å². The first-order chi connectivity index (χ1) is 15.7. The fourth-order valence-electron chi connectivity index (χ4n) is 3.63. The molecule has 1 aliphatic rings. The Morgan fingerprint density at radius 1 is 1.18 bits per heavy atom. The van der Waals surface area contributed by atoms with Crippen LogP contribution in [0.4, 0.5) is 4.39 Å². The number of nitrogens with one attached hydrogen (secondary N) is 2. The largest absolute Gasteiger partial charge is 0.493 e. The van der Waals surface area contributed by atoms with Crippen LogP contribution in [-0.4, -0.2) is 69.5 Å². The Bertz CT molecular complexity index is 896. The number of guanidine groups is 1. The Balaban J connectivity index is 0.00000385. The van der Waals surface area contributed by atoms with Gasteiger partial charge in [-0.3, -0.25) is 9.88 Å². The molecule has 2 heterocycles. The summed E-state index contributed by atoms with van der Waals surface area (Å²) < 4.78 is 30.4. The van der Waals surface area contributed by atoms with Crippen LogP contribution < -0.4 is 20.1 Å². The van der Waals surface area contributed by atoms with Gasteiger partial charge in [0, 0.05) is 32.4 Å². The molecule has 1 saturated heterocycles. The van der Waals surface area contributed by atoms with Crippen molar-refractivity contribution in [1.29, 1.82) is 0 Å². The average molecular weight is 573 g/mol. The van der Waals surface area contributed by atoms with Crippen LogP contribution in [0, 0.1) is 5.82 Å². The monoisotopic (exact) mass is 573 g/mol. The Morgan fingerprint density at radius 3 is 2.61 bits per heavy atom. The summed E-state index contributed by atoms with van der Waals surface area (Å²) in [6.45, 7) is 6.48. The molecule has 10 heteroatoms. The molecule has 0 radical (unpaired) electrons. The molecular formula is C23H33FIN5O3. The quantitative estimate of drug-likeness (QED) is 0.271. The Kier molecular flexibility index (Phi) is 11.6. The molecule has 0 bridgehead atoms. The molecule has 2 N–H and O–H groups in total. The molecule has 1 aromatic heterocycles. The second-order valence-electron chi connectivity index (χ2n) is 7.29. The van der Waals surface area contributed by atoms with E-state index >= 15 is 0 Å². The van der Waals surface area contributed by atoms with Crippen LogP contribution in [0.3, 0.4) is 0 Å². The molecule has 0 amide bonds. The van der Waals surface area contributed by atoms with Gasteiger partial charge < -0.3 is 24.8 Å². The van der Waals surface area contributed by atoms with E-state index in [1.165, 1.54) is 6.07 Å². The van der Waals surface area contributed by atoms with E-state index in [4.69, 9.17) is 14.2 Å². The van der Waals surface area contributed by atoms with Crippen LogP contribution in [0.25, 0.3) is 0 Å². The highest BCUT2D eigenvalue weighted by Gasteiger charge is 2.24. The standard InChI is InChI=1S/C23H32FN5O3.HI/c1-4-25-23(27-15-19-18(24)6-5-9-26-19)28-16-20(29-10-12-32-13-11-29)17-7-8-21(30-2)22(14-17)31-3;/h5-9,14,20H,4,10-13,15-16H2,1-3H3,(H2,25,27,28);1H. The molecule has 1 aromatic carbocycles. The minimum Gasteiger partial charge on any atom is -0.493 e. The first-order valence-electron chi connectivity index (χ1n) is 10.8. The minimum atomic E-state index is -0.358. The second-order valence-corrected chi connectivity index (χ2v) is 7.29. The number of hydrogen-bond donors (Lipinski definition) is 2. The number of ether oxygens (including phenoxy) is 3. The number of methoxy groups -OCH3 is 2. The van der Waals surface area contributed by atoms with E-state index in [0.717, 1.165) is 18.7 Å². The van der Waals surface area contributed by atoms with Crippen molar-refractivity contribution >= 4 is 29.9 Å². The van der Waals surface area contributed by atoms with E-state index in [0.29, 0.717) is 49.5 Å². The highest BCUT2D eigenvalue weighted by Crippen LogP contribution is 2.32. The van der Waals surface area contributed by atoms with Crippen LogP contribution in [-0.2, 0) is 11.3 Å². The van der Waals surface area contributed by atoms with Crippen LogP contribution in [0.5, 0.6) is 11.5 Å². The number of nitrogens with zero attached hydrogens (tertiary/aromatic N) is 3. The van der Waals surface area contributed by atoms with Crippen molar-refractivity contribution in [1.82, 2.24) is 20.5 Å². The van der Waals surface area contributed by atoms with Gasteiger partial charge >= 0.3 is 0 Å². The number of aromatic nitrogens is 1. The summed E-state index contributed by atoms with van der Waals surface area (Å²) in [4.78, 5) is 11.0. The topological polar surface area (TPSA) is 80.2 Å². The highest BCUT2D eigenvalue weighted by molar-refractivity contribution is 14.0. The van der Waals surface area contributed by atoms with Crippen molar-refractivity contribution in [2.24, 2.45) is 4.99 Å². The van der Waals surface area contributed by atoms with E-state index in [2.05, 4.69) is 31.6 Å². The third-order valence-corrected chi connectivity index (χ3v) is 5.31. The van der Waals surface area contributed by atoms with Crippen LogP contribution >= 0.6 is 24.0 Å². The number of hydrogen-bond acceptors (Lipinski definition) is 6. The number of halogens is 2. The van der Waals surface area contributed by atoms with Crippen LogP contribution in [0.15, 0.2) is 41.5 Å². The summed E-state index contributed by atoms with van der Waals surface area (Å²) in [5, 5.41) is 6.63. The molecule has 0 aliphatic carbocycles. The third kappa shape index (κ3) is 7.68. The lowest BCUT2D eigenvalue weighted by atomic mass is 10.0. The summed E-state index contributed by atoms with van der Waals surface area (Å²) in [6.07, 6.45) is 1.57. The molecule has 1 atom stereocenters. The van der Waals surface area contributed by atoms with Crippen LogP contribution in [0.2, 0.25) is 0 Å². The normalized spacial score (nSPS) is 15.3. The predicted octanol–water partition coefficient (Wildman–Crippen LogP) is 2.98. The maximum Gasteiger partial charge on any atom is 0.191 e. The number of aliphatic imine (C=N–C) groups is 1. The van der Waals surface area contributed by atoms with E-state index in [9.17, 15) is 4.39 Å². The zero-order valence-electron chi connectivity index (χ0n) is 19.3. The van der Waals surface area contributed by atoms with Crippen molar-refractivity contribution < 1.29 is 18.6 Å². The first-order valence-corrected chi connectivity index (χ1v) is 10.8. The van der Waals surface area contributed by atoms with Gasteiger partial charge in [-0.1, -0.05) is 6.07 Å². The SMILES string of the molecule is CCNC(=NCc1ncccc1F)NCC(c1ccc(OC)c(OC)c1)N1CCOCC1.I. The molecule has 0 saturated carbocycles. The fraction of sp³-hybridized carbons (Fsp3) is 0.478. The zero-order valence-corrected chi connectivity index (χ0v) is 21.7. The number of pyridine rings is 1. The molecular weight excluding hydrogens is 540 g/mol. The van der Waals surface area contributed by atoms with Gasteiger partial charge in [-0.25, -0.2) is 9.38 Å². The molecule has 1 aliphatic heterocycles. The van der Waals surface area contributed by atoms with Gasteiger partial charge in [-0.2, -0.15) is 0 Å². The lowest BCUT2D eigenvalue weighted by Gasteiger charge is -2.35. The molecule has 1 unspecified atom stereocenters. The van der Waals surface area contributed by atoms with Gasteiger partial charge in [0.15, 0.2) is 17.5 Å². The van der Waals surface area contributed by atoms with Gasteiger partial charge in [-0.15, -0.1) is 24.0 Å². The molecule has 2 aromatic rings. The number of rotatable bonds is 9. The fourth-order valence-corrected chi connectivity index (χ4v) is 3.63. The van der Waals surface area contributed by atoms with Crippen molar-refractivity contribution in [3.63, 3.8) is 0 Å². The second kappa shape index (κ2) is 14.2. The van der Waals surface area contributed by atoms with Gasteiger partial charge in [0.25, 0.3) is 0 Å². The van der Waals surface area contributed by atoms with Crippen molar-refractivity contribution in [3.8, 4) is 11.5 Å². The molecule has 182 valence electrons. The first kappa shape index (κ1) is 27.1.